The Labute approximate surface area is 217 Å². The van der Waals surface area contributed by atoms with E-state index in [2.05, 4.69) is 56.9 Å². The largest absolute Gasteiger partial charge is 0.508 e. The van der Waals surface area contributed by atoms with Crippen molar-refractivity contribution >= 4 is 0 Å². The zero-order valence-electron chi connectivity index (χ0n) is 22.5. The number of benzene rings is 3. The number of likely N-dealkylation sites (tertiary alicyclic amines) is 1. The number of aromatic hydroxyl groups is 1. The number of phenolic OH excluding ortho intramolecular Hbond substituents is 1. The molecule has 1 N–H and O–H groups in total. The molecule has 1 atom stereocenters. The molecule has 0 aliphatic carbocycles. The van der Waals surface area contributed by atoms with Gasteiger partial charge in [0.25, 0.3) is 0 Å². The third-order valence-corrected chi connectivity index (χ3v) is 6.28. The Balaban J connectivity index is 0.000000341. The number of hydrogen-bond acceptors (Lipinski definition) is 4. The average molecular weight is 490 g/mol. The Morgan fingerprint density at radius 3 is 2.08 bits per heavy atom. The van der Waals surface area contributed by atoms with Crippen LogP contribution in [0.5, 0.6) is 17.2 Å². The summed E-state index contributed by atoms with van der Waals surface area (Å²) in [6.45, 7) is 12.6. The second-order valence-corrected chi connectivity index (χ2v) is 10.2. The molecule has 5 rings (SSSR count). The van der Waals surface area contributed by atoms with Gasteiger partial charge < -0.3 is 14.6 Å². The van der Waals surface area contributed by atoms with Crippen molar-refractivity contribution in [1.29, 1.82) is 0 Å². The van der Waals surface area contributed by atoms with Gasteiger partial charge in [-0.1, -0.05) is 74.9 Å². The highest BCUT2D eigenvalue weighted by atomic mass is 16.5. The molecule has 4 heteroatoms. The molecule has 0 aromatic heterocycles. The molecule has 2 aliphatic rings. The minimum absolute atomic E-state index is 0.243. The molecule has 194 valence electrons. The molecule has 3 aromatic carbocycles. The van der Waals surface area contributed by atoms with Gasteiger partial charge in [0.05, 0.1) is 0 Å². The topological polar surface area (TPSA) is 41.9 Å². The van der Waals surface area contributed by atoms with E-state index in [1.54, 1.807) is 12.1 Å². The van der Waals surface area contributed by atoms with Crippen molar-refractivity contribution in [1.82, 2.24) is 4.90 Å². The first-order valence-corrected chi connectivity index (χ1v) is 13.4. The molecule has 0 amide bonds. The summed E-state index contributed by atoms with van der Waals surface area (Å²) in [6, 6.07) is 25.9. The van der Waals surface area contributed by atoms with Gasteiger partial charge in [0.1, 0.15) is 29.5 Å². The molecular formula is C32H43NO3. The Morgan fingerprint density at radius 2 is 1.50 bits per heavy atom. The molecule has 36 heavy (non-hydrogen) atoms. The minimum Gasteiger partial charge on any atom is -0.508 e. The maximum Gasteiger partial charge on any atom is 0.127 e. The van der Waals surface area contributed by atoms with E-state index >= 15 is 0 Å². The van der Waals surface area contributed by atoms with Crippen molar-refractivity contribution in [3.05, 3.63) is 90.0 Å². The number of hydrogen-bond donors (Lipinski definition) is 1. The maximum atomic E-state index is 9.81. The van der Waals surface area contributed by atoms with E-state index in [0.29, 0.717) is 0 Å². The predicted molar refractivity (Wildman–Crippen MR) is 149 cm³/mol. The van der Waals surface area contributed by atoms with E-state index in [0.717, 1.165) is 36.6 Å². The molecule has 2 heterocycles. The van der Waals surface area contributed by atoms with Crippen molar-refractivity contribution < 1.29 is 14.6 Å². The summed E-state index contributed by atoms with van der Waals surface area (Å²) >= 11 is 0. The third kappa shape index (κ3) is 8.60. The standard InChI is InChI=1S/C23H29NO3.C6H6.C3H8/c1-23(2)16-21(20-10-7-18(25)15-22(20)27-23)17-5-8-19(9-6-17)26-14-13-24-11-3-4-12-24;1-2-4-6-5-3-1;1-3-2/h5-10,15,21,25H,3-4,11-14,16H2,1-2H3;1-6H;3H2,1-2H3. The van der Waals surface area contributed by atoms with Crippen LogP contribution >= 0.6 is 0 Å². The summed E-state index contributed by atoms with van der Waals surface area (Å²) in [4.78, 5) is 2.46. The van der Waals surface area contributed by atoms with Crippen molar-refractivity contribution in [3.8, 4) is 17.2 Å². The lowest BCUT2D eigenvalue weighted by molar-refractivity contribution is 0.0771. The molecule has 1 saturated heterocycles. The summed E-state index contributed by atoms with van der Waals surface area (Å²) in [6.07, 6.45) is 4.78. The van der Waals surface area contributed by atoms with E-state index in [9.17, 15) is 5.11 Å². The summed E-state index contributed by atoms with van der Waals surface area (Å²) in [5.74, 6) is 2.20. The lowest BCUT2D eigenvalue weighted by Gasteiger charge is -2.38. The lowest BCUT2D eigenvalue weighted by atomic mass is 9.80. The Bertz CT molecular complexity index is 985. The van der Waals surface area contributed by atoms with Crippen molar-refractivity contribution in [2.45, 2.75) is 64.9 Å². The van der Waals surface area contributed by atoms with Gasteiger partial charge in [-0.05, 0) is 70.0 Å². The monoisotopic (exact) mass is 489 g/mol. The van der Waals surface area contributed by atoms with Crippen molar-refractivity contribution in [2.24, 2.45) is 0 Å². The molecule has 2 aliphatic heterocycles. The van der Waals surface area contributed by atoms with Gasteiger partial charge in [0.2, 0.25) is 0 Å². The molecule has 1 unspecified atom stereocenters. The van der Waals surface area contributed by atoms with Crippen LogP contribution in [0.4, 0.5) is 0 Å². The fourth-order valence-corrected chi connectivity index (χ4v) is 4.62. The zero-order valence-corrected chi connectivity index (χ0v) is 22.5. The highest BCUT2D eigenvalue weighted by Crippen LogP contribution is 2.45. The van der Waals surface area contributed by atoms with E-state index in [-0.39, 0.29) is 17.3 Å². The summed E-state index contributed by atoms with van der Waals surface area (Å²) in [5.41, 5.74) is 2.12. The summed E-state index contributed by atoms with van der Waals surface area (Å²) in [7, 11) is 0. The van der Waals surface area contributed by atoms with Gasteiger partial charge in [-0.25, -0.2) is 0 Å². The van der Waals surface area contributed by atoms with E-state index < -0.39 is 0 Å². The number of phenols is 1. The average Bonchev–Trinajstić information content (AvgIpc) is 3.39. The second-order valence-electron chi connectivity index (χ2n) is 10.2. The first-order chi connectivity index (χ1) is 17.4. The first kappa shape index (κ1) is 27.6. The maximum absolute atomic E-state index is 9.81. The van der Waals surface area contributed by atoms with Crippen LogP contribution in [0.15, 0.2) is 78.9 Å². The Kier molecular flexibility index (Phi) is 10.7. The van der Waals surface area contributed by atoms with Crippen LogP contribution in [0, 0.1) is 0 Å². The summed E-state index contributed by atoms with van der Waals surface area (Å²) < 4.78 is 12.0. The molecule has 4 nitrogen and oxygen atoms in total. The quantitative estimate of drug-likeness (QED) is 0.399. The number of rotatable bonds is 5. The Morgan fingerprint density at radius 1 is 0.917 bits per heavy atom. The van der Waals surface area contributed by atoms with Gasteiger partial charge >= 0.3 is 0 Å². The van der Waals surface area contributed by atoms with Crippen LogP contribution in [-0.2, 0) is 0 Å². The number of fused-ring (bicyclic) bond motifs is 1. The summed E-state index contributed by atoms with van der Waals surface area (Å²) in [5, 5.41) is 9.81. The van der Waals surface area contributed by atoms with Crippen LogP contribution in [0.25, 0.3) is 0 Å². The third-order valence-electron chi connectivity index (χ3n) is 6.28. The van der Waals surface area contributed by atoms with Gasteiger partial charge in [0.15, 0.2) is 0 Å². The fourth-order valence-electron chi connectivity index (χ4n) is 4.62. The zero-order chi connectivity index (χ0) is 25.8. The van der Waals surface area contributed by atoms with Gasteiger partial charge in [-0.2, -0.15) is 0 Å². The molecular weight excluding hydrogens is 446 g/mol. The molecule has 3 aromatic rings. The van der Waals surface area contributed by atoms with Crippen LogP contribution in [0.3, 0.4) is 0 Å². The molecule has 0 radical (unpaired) electrons. The smallest absolute Gasteiger partial charge is 0.127 e. The van der Waals surface area contributed by atoms with Crippen LogP contribution in [0.2, 0.25) is 0 Å². The first-order valence-electron chi connectivity index (χ1n) is 13.4. The number of nitrogens with zero attached hydrogens (tertiary/aromatic N) is 1. The highest BCUT2D eigenvalue weighted by molar-refractivity contribution is 5.48. The molecule has 1 fully saturated rings. The van der Waals surface area contributed by atoms with Crippen LogP contribution in [0.1, 0.15) is 70.4 Å². The van der Waals surface area contributed by atoms with Crippen molar-refractivity contribution in [3.63, 3.8) is 0 Å². The van der Waals surface area contributed by atoms with E-state index in [1.165, 1.54) is 37.9 Å². The Hall–Kier alpha value is -2.98. The highest BCUT2D eigenvalue weighted by Gasteiger charge is 2.34. The minimum atomic E-state index is -0.268. The fraction of sp³-hybridized carbons (Fsp3) is 0.438. The SMILES string of the molecule is CC1(C)CC(c2ccc(OCCN3CCCC3)cc2)c2ccc(O)cc2O1.CCC.c1ccccc1. The molecule has 0 saturated carbocycles. The van der Waals surface area contributed by atoms with Crippen LogP contribution in [-0.4, -0.2) is 41.8 Å². The van der Waals surface area contributed by atoms with Gasteiger partial charge in [-0.15, -0.1) is 0 Å². The second kappa shape index (κ2) is 13.9. The normalized spacial score (nSPS) is 17.9. The van der Waals surface area contributed by atoms with E-state index in [4.69, 9.17) is 9.47 Å². The van der Waals surface area contributed by atoms with Gasteiger partial charge in [-0.3, -0.25) is 4.90 Å². The lowest BCUT2D eigenvalue weighted by Crippen LogP contribution is -2.35. The van der Waals surface area contributed by atoms with Crippen molar-refractivity contribution in [2.75, 3.05) is 26.2 Å². The van der Waals surface area contributed by atoms with E-state index in [1.807, 2.05) is 42.5 Å². The number of ether oxygens (including phenoxy) is 2. The molecule has 0 bridgehead atoms. The predicted octanol–water partition coefficient (Wildman–Crippen LogP) is 7.66. The van der Waals surface area contributed by atoms with Crippen LogP contribution < -0.4 is 9.47 Å². The van der Waals surface area contributed by atoms with Gasteiger partial charge in [0, 0.05) is 24.1 Å². The molecule has 0 spiro atoms.